The van der Waals surface area contributed by atoms with Crippen LogP contribution < -0.4 is 0 Å². The Bertz CT molecular complexity index is 1120. The zero-order chi connectivity index (χ0) is 22.6. The van der Waals surface area contributed by atoms with Crippen molar-refractivity contribution in [2.75, 3.05) is 13.2 Å². The van der Waals surface area contributed by atoms with Gasteiger partial charge in [-0.3, -0.25) is 4.18 Å². The second kappa shape index (κ2) is 9.72. The molecule has 1 saturated heterocycles. The van der Waals surface area contributed by atoms with Crippen molar-refractivity contribution in [3.05, 3.63) is 83.4 Å². The average molecular weight is 477 g/mol. The molecule has 1 aliphatic heterocycles. The average Bonchev–Trinajstić information content (AvgIpc) is 3.43. The molecule has 2 aromatic carbocycles. The van der Waals surface area contributed by atoms with Gasteiger partial charge in [0.05, 0.1) is 31.0 Å². The van der Waals surface area contributed by atoms with Crippen molar-refractivity contribution in [1.82, 2.24) is 9.55 Å². The molecule has 0 spiro atoms. The van der Waals surface area contributed by atoms with Crippen molar-refractivity contribution in [2.45, 2.75) is 43.1 Å². The van der Waals surface area contributed by atoms with Gasteiger partial charge >= 0.3 is 0 Å². The number of hydrogen-bond donors (Lipinski definition) is 0. The molecule has 1 fully saturated rings. The first kappa shape index (κ1) is 22.9. The lowest BCUT2D eigenvalue weighted by Crippen LogP contribution is -2.37. The Morgan fingerprint density at radius 1 is 1.19 bits per heavy atom. The molecule has 2 heterocycles. The summed E-state index contributed by atoms with van der Waals surface area (Å²) in [5.74, 6) is -0.915. The highest BCUT2D eigenvalue weighted by atomic mass is 35.5. The number of ether oxygens (including phenoxy) is 2. The molecule has 9 heteroatoms. The number of aryl methyl sites for hydroxylation is 2. The van der Waals surface area contributed by atoms with Crippen LogP contribution in [-0.2, 0) is 36.7 Å². The van der Waals surface area contributed by atoms with Crippen LogP contribution in [0.1, 0.15) is 17.5 Å². The smallest absolute Gasteiger partial charge is 0.297 e. The SMILES string of the molecule is Cc1ccc(S(=O)(=O)OC[C@H]2CO[C@](CCc3ccc(Cl)cc3)(Cn3ccnc3)O2)cc1. The van der Waals surface area contributed by atoms with Crippen LogP contribution in [0.25, 0.3) is 0 Å². The van der Waals surface area contributed by atoms with Crippen LogP contribution in [0.15, 0.2) is 72.1 Å². The topological polar surface area (TPSA) is 79.7 Å². The molecule has 2 atom stereocenters. The van der Waals surface area contributed by atoms with Gasteiger partial charge in [0, 0.05) is 23.8 Å². The molecule has 0 N–H and O–H groups in total. The van der Waals surface area contributed by atoms with Crippen LogP contribution in [0.4, 0.5) is 0 Å². The third kappa shape index (κ3) is 5.76. The minimum absolute atomic E-state index is 0.120. The van der Waals surface area contributed by atoms with E-state index in [0.717, 1.165) is 11.1 Å². The van der Waals surface area contributed by atoms with E-state index in [-0.39, 0.29) is 18.1 Å². The molecule has 0 saturated carbocycles. The molecule has 4 rings (SSSR count). The largest absolute Gasteiger partial charge is 0.345 e. The van der Waals surface area contributed by atoms with Crippen LogP contribution >= 0.6 is 11.6 Å². The van der Waals surface area contributed by atoms with Crippen LogP contribution in [-0.4, -0.2) is 43.1 Å². The van der Waals surface area contributed by atoms with Crippen molar-refractivity contribution in [3.63, 3.8) is 0 Å². The maximum Gasteiger partial charge on any atom is 0.297 e. The van der Waals surface area contributed by atoms with Crippen LogP contribution in [0.2, 0.25) is 5.02 Å². The van der Waals surface area contributed by atoms with Gasteiger partial charge in [-0.05, 0) is 43.2 Å². The third-order valence-corrected chi connectivity index (χ3v) is 6.87. The van der Waals surface area contributed by atoms with Gasteiger partial charge < -0.3 is 14.0 Å². The van der Waals surface area contributed by atoms with Crippen molar-refractivity contribution in [3.8, 4) is 0 Å². The maximum atomic E-state index is 12.5. The van der Waals surface area contributed by atoms with E-state index in [9.17, 15) is 8.42 Å². The van der Waals surface area contributed by atoms with Gasteiger partial charge in [0.15, 0.2) is 5.79 Å². The van der Waals surface area contributed by atoms with Crippen LogP contribution in [0, 0.1) is 6.92 Å². The van der Waals surface area contributed by atoms with Gasteiger partial charge in [0.2, 0.25) is 0 Å². The summed E-state index contributed by atoms with van der Waals surface area (Å²) >= 11 is 5.98. The lowest BCUT2D eigenvalue weighted by Gasteiger charge is -2.28. The first-order chi connectivity index (χ1) is 15.3. The minimum atomic E-state index is -3.87. The van der Waals surface area contributed by atoms with E-state index < -0.39 is 22.0 Å². The first-order valence-electron chi connectivity index (χ1n) is 10.3. The number of hydrogen-bond acceptors (Lipinski definition) is 6. The monoisotopic (exact) mass is 476 g/mol. The zero-order valence-electron chi connectivity index (χ0n) is 17.7. The molecule has 0 radical (unpaired) electrons. The molecular weight excluding hydrogens is 452 g/mol. The fraction of sp³-hybridized carbons (Fsp3) is 0.348. The Labute approximate surface area is 193 Å². The second-order valence-electron chi connectivity index (χ2n) is 7.87. The van der Waals surface area contributed by atoms with E-state index >= 15 is 0 Å². The molecule has 0 unspecified atom stereocenters. The first-order valence-corrected chi connectivity index (χ1v) is 12.1. The summed E-state index contributed by atoms with van der Waals surface area (Å²) in [6, 6.07) is 14.2. The Kier molecular flexibility index (Phi) is 6.97. The molecular formula is C23H25ClN2O5S. The maximum absolute atomic E-state index is 12.5. The van der Waals surface area contributed by atoms with E-state index in [2.05, 4.69) is 4.98 Å². The minimum Gasteiger partial charge on any atom is -0.345 e. The van der Waals surface area contributed by atoms with Gasteiger partial charge in [-0.25, -0.2) is 4.98 Å². The molecule has 1 aliphatic rings. The second-order valence-corrected chi connectivity index (χ2v) is 9.93. The number of halogens is 1. The molecule has 3 aromatic rings. The zero-order valence-corrected chi connectivity index (χ0v) is 19.3. The van der Waals surface area contributed by atoms with E-state index in [0.29, 0.717) is 24.4 Å². The van der Waals surface area contributed by atoms with Crippen LogP contribution in [0.5, 0.6) is 0 Å². The Balaban J connectivity index is 1.42. The summed E-state index contributed by atoms with van der Waals surface area (Å²) in [6.07, 6.45) is 6.00. The molecule has 0 amide bonds. The molecule has 170 valence electrons. The molecule has 1 aromatic heterocycles. The highest BCUT2D eigenvalue weighted by Crippen LogP contribution is 2.31. The van der Waals surface area contributed by atoms with Gasteiger partial charge in [-0.15, -0.1) is 0 Å². The lowest BCUT2D eigenvalue weighted by molar-refractivity contribution is -0.184. The Morgan fingerprint density at radius 3 is 2.62 bits per heavy atom. The van der Waals surface area contributed by atoms with Gasteiger partial charge in [-0.2, -0.15) is 8.42 Å². The van der Waals surface area contributed by atoms with Crippen LogP contribution in [0.3, 0.4) is 0 Å². The van der Waals surface area contributed by atoms with Crippen molar-refractivity contribution < 1.29 is 22.1 Å². The third-order valence-electron chi connectivity index (χ3n) is 5.32. The van der Waals surface area contributed by atoms with Crippen molar-refractivity contribution >= 4 is 21.7 Å². The summed E-state index contributed by atoms with van der Waals surface area (Å²) < 4.78 is 44.5. The van der Waals surface area contributed by atoms with Gasteiger partial charge in [0.1, 0.15) is 6.10 Å². The highest BCUT2D eigenvalue weighted by Gasteiger charge is 2.42. The summed E-state index contributed by atoms with van der Waals surface area (Å²) in [6.45, 7) is 2.44. The number of benzene rings is 2. The normalized spacial score (nSPS) is 21.1. The summed E-state index contributed by atoms with van der Waals surface area (Å²) in [5.41, 5.74) is 2.08. The number of rotatable bonds is 9. The standard InChI is InChI=1S/C23H25ClN2O5S/c1-18-2-8-22(9-3-18)32(27,28)30-15-21-14-29-23(31-21,16-26-13-12-25-17-26)11-10-19-4-6-20(24)7-5-19/h2-9,12-13,17,21H,10-11,14-16H2,1H3/t21-,23+/m1/s1. The number of nitrogens with zero attached hydrogens (tertiary/aromatic N) is 2. The fourth-order valence-electron chi connectivity index (χ4n) is 3.57. The summed E-state index contributed by atoms with van der Waals surface area (Å²) in [5, 5.41) is 0.683. The molecule has 0 aliphatic carbocycles. The predicted octanol–water partition coefficient (Wildman–Crippen LogP) is 3.99. The molecule has 7 nitrogen and oxygen atoms in total. The van der Waals surface area contributed by atoms with Crippen molar-refractivity contribution in [2.24, 2.45) is 0 Å². The van der Waals surface area contributed by atoms with E-state index in [1.165, 1.54) is 12.1 Å². The van der Waals surface area contributed by atoms with E-state index in [1.54, 1.807) is 24.7 Å². The summed E-state index contributed by atoms with van der Waals surface area (Å²) in [7, 11) is -3.87. The Morgan fingerprint density at radius 2 is 1.94 bits per heavy atom. The quantitative estimate of drug-likeness (QED) is 0.434. The summed E-state index contributed by atoms with van der Waals surface area (Å²) in [4.78, 5) is 4.20. The molecule has 32 heavy (non-hydrogen) atoms. The lowest BCUT2D eigenvalue weighted by atomic mass is 10.0. The fourth-order valence-corrected chi connectivity index (χ4v) is 4.64. The van der Waals surface area contributed by atoms with Gasteiger partial charge in [-0.1, -0.05) is 41.4 Å². The molecule has 0 bridgehead atoms. The van der Waals surface area contributed by atoms with E-state index in [1.807, 2.05) is 42.0 Å². The Hall–Kier alpha value is -2.23. The number of aromatic nitrogens is 2. The highest BCUT2D eigenvalue weighted by molar-refractivity contribution is 7.86. The van der Waals surface area contributed by atoms with E-state index in [4.69, 9.17) is 25.3 Å². The predicted molar refractivity (Wildman–Crippen MR) is 120 cm³/mol. The van der Waals surface area contributed by atoms with Crippen molar-refractivity contribution in [1.29, 1.82) is 0 Å². The number of imidazole rings is 1. The van der Waals surface area contributed by atoms with Gasteiger partial charge in [0.25, 0.3) is 10.1 Å².